The first-order valence-corrected chi connectivity index (χ1v) is 11.5. The van der Waals surface area contributed by atoms with Crippen LogP contribution in [0.15, 0.2) is 91.0 Å². The molecule has 1 atom stereocenters. The van der Waals surface area contributed by atoms with Gasteiger partial charge in [0.2, 0.25) is 0 Å². The van der Waals surface area contributed by atoms with E-state index in [-0.39, 0.29) is 5.29 Å². The van der Waals surface area contributed by atoms with E-state index in [1.165, 1.54) is 21.3 Å². The summed E-state index contributed by atoms with van der Waals surface area (Å²) in [6.07, 6.45) is -1.23. The number of ether oxygens (including phenoxy) is 3. The van der Waals surface area contributed by atoms with E-state index in [1.54, 1.807) is 0 Å². The lowest BCUT2D eigenvalue weighted by atomic mass is 10.2. The van der Waals surface area contributed by atoms with E-state index in [0.29, 0.717) is 0 Å². The maximum absolute atomic E-state index is 13.4. The molecule has 0 saturated heterocycles. The van der Waals surface area contributed by atoms with Crippen molar-refractivity contribution in [1.82, 2.24) is 0 Å². The summed E-state index contributed by atoms with van der Waals surface area (Å²) in [4.78, 5) is 26.2. The number of benzene rings is 3. The summed E-state index contributed by atoms with van der Waals surface area (Å²) < 4.78 is 15.8. The molecule has 0 fully saturated rings. The molecule has 3 aromatic rings. The number of carbonyl (C=O) groups is 2. The molecule has 5 nitrogen and oxygen atoms in total. The van der Waals surface area contributed by atoms with Crippen LogP contribution >= 0.6 is 6.89 Å². The van der Waals surface area contributed by atoms with Gasteiger partial charge in [0.15, 0.2) is 6.10 Å². The van der Waals surface area contributed by atoms with Gasteiger partial charge in [-0.25, -0.2) is 9.59 Å². The van der Waals surface area contributed by atoms with Gasteiger partial charge in [-0.1, -0.05) is 91.0 Å². The molecule has 31 heavy (non-hydrogen) atoms. The third-order valence-electron chi connectivity index (χ3n) is 5.09. The smallest absolute Gasteiger partial charge is 0.339 e. The molecule has 0 aliphatic heterocycles. The van der Waals surface area contributed by atoms with Crippen molar-refractivity contribution in [3.05, 3.63) is 91.0 Å². The van der Waals surface area contributed by atoms with Crippen LogP contribution in [-0.4, -0.2) is 44.7 Å². The highest BCUT2D eigenvalue weighted by Gasteiger charge is 2.41. The minimum atomic E-state index is -2.86. The molecule has 0 heterocycles. The Labute approximate surface area is 182 Å². The van der Waals surface area contributed by atoms with Crippen LogP contribution in [0.1, 0.15) is 0 Å². The van der Waals surface area contributed by atoms with Gasteiger partial charge in [0, 0.05) is 7.11 Å². The maximum Gasteiger partial charge on any atom is 0.339 e. The Morgan fingerprint density at radius 2 is 1.03 bits per heavy atom. The summed E-state index contributed by atoms with van der Waals surface area (Å²) in [6, 6.07) is 29.1. The van der Waals surface area contributed by atoms with Gasteiger partial charge in [-0.15, -0.1) is 0 Å². The highest BCUT2D eigenvalue weighted by atomic mass is 31.2. The molecule has 0 amide bonds. The third kappa shape index (κ3) is 4.20. The number of rotatable bonds is 7. The maximum atomic E-state index is 13.4. The first kappa shape index (κ1) is 22.5. The topological polar surface area (TPSA) is 61.8 Å². The summed E-state index contributed by atoms with van der Waals surface area (Å²) in [7, 11) is 3.97. The molecule has 3 aromatic carbocycles. The Morgan fingerprint density at radius 3 is 1.32 bits per heavy atom. The second kappa shape index (κ2) is 10.3. The largest absolute Gasteiger partial charge is 0.467 e. The molecule has 0 saturated carbocycles. The average molecular weight is 436 g/mol. The van der Waals surface area contributed by atoms with E-state index in [9.17, 15) is 9.59 Å². The van der Waals surface area contributed by atoms with Crippen molar-refractivity contribution in [3.63, 3.8) is 0 Å². The molecule has 0 spiro atoms. The van der Waals surface area contributed by atoms with Crippen LogP contribution in [0.25, 0.3) is 0 Å². The second-order valence-corrected chi connectivity index (χ2v) is 10.1. The van der Waals surface area contributed by atoms with Crippen LogP contribution in [0.4, 0.5) is 0 Å². The van der Waals surface area contributed by atoms with Crippen molar-refractivity contribution in [2.75, 3.05) is 21.3 Å². The molecular formula is C25H25O5P. The number of methoxy groups -OCH3 is 3. The molecule has 3 rings (SSSR count). The van der Waals surface area contributed by atoms with Crippen LogP contribution < -0.4 is 15.9 Å². The highest BCUT2D eigenvalue weighted by molar-refractivity contribution is 7.96. The van der Waals surface area contributed by atoms with Crippen LogP contribution in [0, 0.1) is 0 Å². The van der Waals surface area contributed by atoms with Crippen LogP contribution in [0.5, 0.6) is 0 Å². The van der Waals surface area contributed by atoms with E-state index >= 15 is 0 Å². The van der Waals surface area contributed by atoms with Crippen molar-refractivity contribution in [2.24, 2.45) is 0 Å². The van der Waals surface area contributed by atoms with Crippen LogP contribution in [0.2, 0.25) is 0 Å². The lowest BCUT2D eigenvalue weighted by Gasteiger charge is -2.33. The SMILES string of the molecule is COC(=O)C(C(OC)C(=O)OC)=P(c1ccccc1)(c1ccccc1)c1ccccc1. The van der Waals surface area contributed by atoms with Gasteiger partial charge in [-0.05, 0) is 22.8 Å². The molecule has 0 bridgehead atoms. The molecule has 0 aliphatic carbocycles. The number of esters is 2. The Hall–Kier alpha value is -3.14. The molecular weight excluding hydrogens is 411 g/mol. The van der Waals surface area contributed by atoms with Gasteiger partial charge in [0.1, 0.15) is 0 Å². The summed E-state index contributed by atoms with van der Waals surface area (Å²) >= 11 is 0. The van der Waals surface area contributed by atoms with E-state index < -0.39 is 24.9 Å². The average Bonchev–Trinajstić information content (AvgIpc) is 2.85. The normalized spacial score (nSPS) is 12.0. The molecule has 160 valence electrons. The van der Waals surface area contributed by atoms with Gasteiger partial charge in [0.25, 0.3) is 0 Å². The molecule has 1 unspecified atom stereocenters. The van der Waals surface area contributed by atoms with Crippen molar-refractivity contribution < 1.29 is 23.8 Å². The Morgan fingerprint density at radius 1 is 0.645 bits per heavy atom. The first-order chi connectivity index (χ1) is 15.1. The lowest BCUT2D eigenvalue weighted by Crippen LogP contribution is -2.44. The summed E-state index contributed by atoms with van der Waals surface area (Å²) in [5.74, 6) is -1.27. The Kier molecular flexibility index (Phi) is 7.45. The van der Waals surface area contributed by atoms with Crippen LogP contribution in [-0.2, 0) is 23.8 Å². The van der Waals surface area contributed by atoms with E-state index in [0.717, 1.165) is 15.9 Å². The van der Waals surface area contributed by atoms with Crippen LogP contribution in [0.3, 0.4) is 0 Å². The fourth-order valence-electron chi connectivity index (χ4n) is 3.77. The molecule has 0 radical (unpaired) electrons. The quantitative estimate of drug-likeness (QED) is 0.421. The van der Waals surface area contributed by atoms with E-state index in [4.69, 9.17) is 14.2 Å². The fraction of sp³-hybridized carbons (Fsp3) is 0.160. The number of carbonyl (C=O) groups excluding carboxylic acids is 2. The van der Waals surface area contributed by atoms with Crippen molar-refractivity contribution in [1.29, 1.82) is 0 Å². The predicted molar refractivity (Wildman–Crippen MR) is 125 cm³/mol. The second-order valence-electron chi connectivity index (χ2n) is 6.69. The van der Waals surface area contributed by atoms with Gasteiger partial charge in [-0.3, -0.25) is 0 Å². The standard InChI is InChI=1S/C25H25O5P/c1-28-22(24(26)29-2)23(25(27)30-3)31(19-13-7-4-8-14-19,20-15-9-5-10-16-20)21-17-11-6-12-18-21/h4-18,22H,1-3H3. The van der Waals surface area contributed by atoms with Gasteiger partial charge in [-0.2, -0.15) is 0 Å². The monoisotopic (exact) mass is 436 g/mol. The Bertz CT molecular complexity index is 975. The Balaban J connectivity index is 2.66. The van der Waals surface area contributed by atoms with Crippen molar-refractivity contribution in [3.8, 4) is 0 Å². The molecule has 0 aromatic heterocycles. The molecule has 0 aliphatic rings. The minimum Gasteiger partial charge on any atom is -0.467 e. The lowest BCUT2D eigenvalue weighted by molar-refractivity contribution is -0.149. The van der Waals surface area contributed by atoms with E-state index in [2.05, 4.69) is 0 Å². The van der Waals surface area contributed by atoms with Crippen molar-refractivity contribution >= 4 is 40.0 Å². The van der Waals surface area contributed by atoms with E-state index in [1.807, 2.05) is 91.0 Å². The fourth-order valence-corrected chi connectivity index (χ4v) is 8.28. The van der Waals surface area contributed by atoms with Gasteiger partial charge in [0.05, 0.1) is 19.5 Å². The minimum absolute atomic E-state index is 0.230. The molecule has 6 heteroatoms. The first-order valence-electron chi connectivity index (χ1n) is 9.73. The third-order valence-corrected chi connectivity index (χ3v) is 9.44. The predicted octanol–water partition coefficient (Wildman–Crippen LogP) is 2.51. The molecule has 0 N–H and O–H groups in total. The summed E-state index contributed by atoms with van der Waals surface area (Å²) in [6.45, 7) is -2.86. The highest BCUT2D eigenvalue weighted by Crippen LogP contribution is 2.47. The zero-order valence-corrected chi connectivity index (χ0v) is 18.6. The summed E-state index contributed by atoms with van der Waals surface area (Å²) in [5, 5.41) is 2.93. The van der Waals surface area contributed by atoms with Gasteiger partial charge >= 0.3 is 11.9 Å². The summed E-state index contributed by atoms with van der Waals surface area (Å²) in [5.41, 5.74) is 0. The zero-order valence-electron chi connectivity index (χ0n) is 17.7. The number of hydrogen-bond donors (Lipinski definition) is 0. The van der Waals surface area contributed by atoms with Gasteiger partial charge < -0.3 is 14.2 Å². The zero-order chi connectivity index (χ0) is 22.3. The van der Waals surface area contributed by atoms with Crippen molar-refractivity contribution in [2.45, 2.75) is 6.10 Å². The number of hydrogen-bond acceptors (Lipinski definition) is 5.